The second-order valence-corrected chi connectivity index (χ2v) is 21.2. The Morgan fingerprint density at radius 1 is 0.292 bits per heavy atom. The van der Waals surface area contributed by atoms with Gasteiger partial charge in [0.25, 0.3) is 0 Å². The fourth-order valence-corrected chi connectivity index (χ4v) is 9.05. The molecule has 0 unspecified atom stereocenters. The second kappa shape index (κ2) is 51.8. The van der Waals surface area contributed by atoms with Crippen LogP contribution in [0.5, 0.6) is 0 Å². The van der Waals surface area contributed by atoms with Crippen LogP contribution >= 0.6 is 0 Å². The van der Waals surface area contributed by atoms with E-state index in [0.29, 0.717) is 19.3 Å². The Labute approximate surface area is 406 Å². The summed E-state index contributed by atoms with van der Waals surface area (Å²) in [5, 5.41) is 0. The number of hydrogen-bond acceptors (Lipinski definition) is 6. The van der Waals surface area contributed by atoms with E-state index >= 15 is 0 Å². The predicted molar refractivity (Wildman–Crippen MR) is 280 cm³/mol. The molecule has 0 aliphatic rings. The van der Waals surface area contributed by atoms with Gasteiger partial charge in [-0.1, -0.05) is 291 Å². The number of rotatable bonds is 53. The van der Waals surface area contributed by atoms with Crippen LogP contribution in [0, 0.1) is 11.8 Å². The molecule has 0 radical (unpaired) electrons. The molecule has 386 valence electrons. The zero-order valence-electron chi connectivity index (χ0n) is 44.6. The first-order valence-corrected chi connectivity index (χ1v) is 29.2. The van der Waals surface area contributed by atoms with E-state index in [0.717, 1.165) is 69.6 Å². The minimum atomic E-state index is -0.763. The molecule has 0 aromatic rings. The first-order valence-electron chi connectivity index (χ1n) is 29.2. The maximum absolute atomic E-state index is 12.8. The summed E-state index contributed by atoms with van der Waals surface area (Å²) in [6.07, 6.45) is 55.5. The fourth-order valence-electron chi connectivity index (χ4n) is 9.05. The standard InChI is InChI=1S/C59H114O6/c1-6-7-8-9-10-11-12-13-14-15-16-17-21-24-27-30-33-39-44-49-57(60)63-52-56(53-64-58(61)50-45-40-36-35-38-43-48-55(4)5)65-59(62)51-46-41-34-31-28-25-22-19-18-20-23-26-29-32-37-42-47-54(2)3/h54-56H,6-53H2,1-5H3/t56-/m1/s1. The van der Waals surface area contributed by atoms with Crippen LogP contribution in [0.4, 0.5) is 0 Å². The Balaban J connectivity index is 4.20. The molecule has 0 aliphatic carbocycles. The van der Waals surface area contributed by atoms with E-state index in [4.69, 9.17) is 14.2 Å². The zero-order chi connectivity index (χ0) is 47.5. The van der Waals surface area contributed by atoms with Crippen molar-refractivity contribution in [1.29, 1.82) is 0 Å². The Morgan fingerprint density at radius 2 is 0.508 bits per heavy atom. The number of hydrogen-bond donors (Lipinski definition) is 0. The van der Waals surface area contributed by atoms with Crippen molar-refractivity contribution < 1.29 is 28.6 Å². The molecular weight excluding hydrogens is 805 g/mol. The van der Waals surface area contributed by atoms with Crippen LogP contribution in [0.3, 0.4) is 0 Å². The van der Waals surface area contributed by atoms with Gasteiger partial charge in [-0.25, -0.2) is 0 Å². The molecular formula is C59H114O6. The van der Waals surface area contributed by atoms with Crippen molar-refractivity contribution >= 4 is 17.9 Å². The predicted octanol–water partition coefficient (Wildman–Crippen LogP) is 19.3. The van der Waals surface area contributed by atoms with Crippen molar-refractivity contribution in [3.8, 4) is 0 Å². The molecule has 0 N–H and O–H groups in total. The quantitative estimate of drug-likeness (QED) is 0.0344. The SMILES string of the molecule is CCCCCCCCCCCCCCCCCCCCCC(=O)OC[C@H](COC(=O)CCCCCCCCC(C)C)OC(=O)CCCCCCCCCCCCCCCCCCC(C)C. The fraction of sp³-hybridized carbons (Fsp3) is 0.949. The monoisotopic (exact) mass is 919 g/mol. The summed E-state index contributed by atoms with van der Waals surface area (Å²) in [6, 6.07) is 0. The van der Waals surface area contributed by atoms with Gasteiger partial charge in [-0.2, -0.15) is 0 Å². The van der Waals surface area contributed by atoms with Crippen molar-refractivity contribution in [3.63, 3.8) is 0 Å². The van der Waals surface area contributed by atoms with Crippen molar-refractivity contribution in [1.82, 2.24) is 0 Å². The van der Waals surface area contributed by atoms with Gasteiger partial charge in [-0.15, -0.1) is 0 Å². The molecule has 65 heavy (non-hydrogen) atoms. The largest absolute Gasteiger partial charge is 0.462 e. The lowest BCUT2D eigenvalue weighted by atomic mass is 10.0. The van der Waals surface area contributed by atoms with Crippen LogP contribution in [0.25, 0.3) is 0 Å². The van der Waals surface area contributed by atoms with Gasteiger partial charge in [0.1, 0.15) is 13.2 Å². The van der Waals surface area contributed by atoms with Crippen molar-refractivity contribution in [2.75, 3.05) is 13.2 Å². The summed E-state index contributed by atoms with van der Waals surface area (Å²) in [6.45, 7) is 11.4. The zero-order valence-corrected chi connectivity index (χ0v) is 44.6. The van der Waals surface area contributed by atoms with Crippen LogP contribution < -0.4 is 0 Å². The van der Waals surface area contributed by atoms with E-state index in [-0.39, 0.29) is 31.1 Å². The topological polar surface area (TPSA) is 78.9 Å². The number of carbonyl (C=O) groups excluding carboxylic acids is 3. The van der Waals surface area contributed by atoms with Crippen LogP contribution in [-0.2, 0) is 28.6 Å². The van der Waals surface area contributed by atoms with Gasteiger partial charge in [0.15, 0.2) is 6.10 Å². The van der Waals surface area contributed by atoms with Gasteiger partial charge in [-0.05, 0) is 31.1 Å². The highest BCUT2D eigenvalue weighted by Crippen LogP contribution is 2.18. The highest BCUT2D eigenvalue weighted by atomic mass is 16.6. The molecule has 0 saturated heterocycles. The number of ether oxygens (including phenoxy) is 3. The second-order valence-electron chi connectivity index (χ2n) is 21.2. The Kier molecular flexibility index (Phi) is 50.5. The third-order valence-corrected chi connectivity index (χ3v) is 13.5. The molecule has 0 aromatic carbocycles. The molecule has 0 bridgehead atoms. The molecule has 6 heteroatoms. The van der Waals surface area contributed by atoms with E-state index in [1.54, 1.807) is 0 Å². The average molecular weight is 920 g/mol. The highest BCUT2D eigenvalue weighted by Gasteiger charge is 2.19. The number of carbonyl (C=O) groups is 3. The maximum atomic E-state index is 12.8. The van der Waals surface area contributed by atoms with E-state index in [9.17, 15) is 14.4 Å². The van der Waals surface area contributed by atoms with Gasteiger partial charge in [0.05, 0.1) is 0 Å². The Bertz CT molecular complexity index is 993. The molecule has 0 aliphatic heterocycles. The van der Waals surface area contributed by atoms with E-state index in [1.165, 1.54) is 218 Å². The lowest BCUT2D eigenvalue weighted by Crippen LogP contribution is -2.30. The summed E-state index contributed by atoms with van der Waals surface area (Å²) >= 11 is 0. The van der Waals surface area contributed by atoms with Gasteiger partial charge in [0.2, 0.25) is 0 Å². The average Bonchev–Trinajstić information content (AvgIpc) is 3.28. The number of unbranched alkanes of at least 4 members (excludes halogenated alkanes) is 38. The summed E-state index contributed by atoms with van der Waals surface area (Å²) in [7, 11) is 0. The first kappa shape index (κ1) is 63.4. The van der Waals surface area contributed by atoms with Crippen molar-refractivity contribution in [2.45, 2.75) is 336 Å². The van der Waals surface area contributed by atoms with Crippen LogP contribution in [0.2, 0.25) is 0 Å². The highest BCUT2D eigenvalue weighted by molar-refractivity contribution is 5.71. The summed E-state index contributed by atoms with van der Waals surface area (Å²) < 4.78 is 16.9. The molecule has 0 spiro atoms. The van der Waals surface area contributed by atoms with Gasteiger partial charge in [0, 0.05) is 19.3 Å². The lowest BCUT2D eigenvalue weighted by molar-refractivity contribution is -0.167. The molecule has 6 nitrogen and oxygen atoms in total. The molecule has 0 rings (SSSR count). The van der Waals surface area contributed by atoms with Gasteiger partial charge >= 0.3 is 17.9 Å². The Morgan fingerprint density at radius 3 is 0.754 bits per heavy atom. The van der Waals surface area contributed by atoms with Crippen LogP contribution in [0.15, 0.2) is 0 Å². The first-order chi connectivity index (χ1) is 31.7. The molecule has 0 aromatic heterocycles. The smallest absolute Gasteiger partial charge is 0.306 e. The third kappa shape index (κ3) is 53.2. The molecule has 0 heterocycles. The van der Waals surface area contributed by atoms with Crippen molar-refractivity contribution in [2.24, 2.45) is 11.8 Å². The van der Waals surface area contributed by atoms with E-state index in [2.05, 4.69) is 34.6 Å². The maximum Gasteiger partial charge on any atom is 0.306 e. The number of esters is 3. The van der Waals surface area contributed by atoms with Gasteiger partial charge < -0.3 is 14.2 Å². The molecule has 0 amide bonds. The van der Waals surface area contributed by atoms with Crippen molar-refractivity contribution in [3.05, 3.63) is 0 Å². The van der Waals surface area contributed by atoms with Crippen LogP contribution in [-0.4, -0.2) is 37.2 Å². The summed E-state index contributed by atoms with van der Waals surface area (Å²) in [5.41, 5.74) is 0. The normalized spacial score (nSPS) is 12.0. The summed E-state index contributed by atoms with van der Waals surface area (Å²) in [5.74, 6) is 0.770. The molecule has 1 atom stereocenters. The van der Waals surface area contributed by atoms with E-state index in [1.807, 2.05) is 0 Å². The molecule has 0 fully saturated rings. The Hall–Kier alpha value is -1.59. The van der Waals surface area contributed by atoms with E-state index < -0.39 is 6.10 Å². The van der Waals surface area contributed by atoms with Crippen LogP contribution in [0.1, 0.15) is 330 Å². The molecule has 0 saturated carbocycles. The lowest BCUT2D eigenvalue weighted by Gasteiger charge is -2.18. The summed E-state index contributed by atoms with van der Waals surface area (Å²) in [4.78, 5) is 38.1. The minimum Gasteiger partial charge on any atom is -0.462 e. The van der Waals surface area contributed by atoms with Gasteiger partial charge in [-0.3, -0.25) is 14.4 Å². The minimum absolute atomic E-state index is 0.0636. The third-order valence-electron chi connectivity index (χ3n) is 13.5.